The zero-order valence-corrected chi connectivity index (χ0v) is 11.3. The number of fused-ring (bicyclic) bond motifs is 1. The number of hydrogen-bond acceptors (Lipinski definition) is 4. The van der Waals surface area contributed by atoms with Crippen LogP contribution < -0.4 is 5.43 Å². The first-order valence-corrected chi connectivity index (χ1v) is 6.43. The lowest BCUT2D eigenvalue weighted by molar-refractivity contribution is 0.112. The first-order chi connectivity index (χ1) is 10.1. The van der Waals surface area contributed by atoms with E-state index in [0.29, 0.717) is 17.6 Å². The number of aldehydes is 1. The van der Waals surface area contributed by atoms with Crippen LogP contribution in [-0.4, -0.2) is 11.4 Å². The highest BCUT2D eigenvalue weighted by molar-refractivity contribution is 5.98. The third-order valence-corrected chi connectivity index (χ3v) is 3.46. The summed E-state index contributed by atoms with van der Waals surface area (Å²) in [6.07, 6.45) is 0.491. The highest BCUT2D eigenvalue weighted by Gasteiger charge is 2.16. The molecule has 0 radical (unpaired) electrons. The van der Waals surface area contributed by atoms with Crippen molar-refractivity contribution in [2.45, 2.75) is 6.92 Å². The maximum atomic E-state index is 12.4. The maximum absolute atomic E-state index is 12.4. The molecule has 0 aliphatic carbocycles. The second-order valence-corrected chi connectivity index (χ2v) is 4.74. The Labute approximate surface area is 120 Å². The fourth-order valence-electron chi connectivity index (χ4n) is 2.34. The molecule has 0 atom stereocenters. The highest BCUT2D eigenvalue weighted by Crippen LogP contribution is 2.29. The van der Waals surface area contributed by atoms with Gasteiger partial charge in [0.15, 0.2) is 17.3 Å². The van der Waals surface area contributed by atoms with Gasteiger partial charge in [0.2, 0.25) is 0 Å². The molecule has 1 aromatic heterocycles. The van der Waals surface area contributed by atoms with E-state index in [9.17, 15) is 14.7 Å². The van der Waals surface area contributed by atoms with E-state index < -0.39 is 0 Å². The molecule has 0 unspecified atom stereocenters. The molecule has 0 aliphatic rings. The number of carbonyl (C=O) groups is 1. The molecular weight excluding hydrogens is 268 g/mol. The Balaban J connectivity index is 2.46. The molecule has 4 heteroatoms. The van der Waals surface area contributed by atoms with Crippen LogP contribution in [0.2, 0.25) is 0 Å². The monoisotopic (exact) mass is 280 g/mol. The van der Waals surface area contributed by atoms with Crippen molar-refractivity contribution in [3.05, 3.63) is 63.8 Å². The minimum absolute atomic E-state index is 0.0122. The summed E-state index contributed by atoms with van der Waals surface area (Å²) in [5.74, 6) is 0.199. The van der Waals surface area contributed by atoms with Gasteiger partial charge >= 0.3 is 0 Å². The summed E-state index contributed by atoms with van der Waals surface area (Å²) < 4.78 is 5.77. The number of hydrogen-bond donors (Lipinski definition) is 1. The van der Waals surface area contributed by atoms with Gasteiger partial charge in [-0.1, -0.05) is 30.3 Å². The van der Waals surface area contributed by atoms with Crippen molar-refractivity contribution in [1.29, 1.82) is 0 Å². The van der Waals surface area contributed by atoms with Gasteiger partial charge in [-0.3, -0.25) is 9.59 Å². The molecule has 3 aromatic rings. The standard InChI is InChI=1S/C17H12O4/c1-10-15(20)12-7-8-14(19)13(9-18)17(12)21-16(10)11-5-3-2-4-6-11/h2-9,19H,1H3. The molecule has 21 heavy (non-hydrogen) atoms. The van der Waals surface area contributed by atoms with Gasteiger partial charge in [-0.25, -0.2) is 0 Å². The Morgan fingerprint density at radius 1 is 1.10 bits per heavy atom. The molecule has 0 bridgehead atoms. The van der Waals surface area contributed by atoms with Gasteiger partial charge in [0.1, 0.15) is 11.5 Å². The van der Waals surface area contributed by atoms with Crippen molar-refractivity contribution in [2.75, 3.05) is 0 Å². The maximum Gasteiger partial charge on any atom is 0.196 e. The van der Waals surface area contributed by atoms with Gasteiger partial charge in [0, 0.05) is 11.1 Å². The predicted molar refractivity (Wildman–Crippen MR) is 79.7 cm³/mol. The molecule has 0 saturated heterocycles. The van der Waals surface area contributed by atoms with Crippen molar-refractivity contribution in [1.82, 2.24) is 0 Å². The van der Waals surface area contributed by atoms with Crippen molar-refractivity contribution >= 4 is 17.3 Å². The molecular formula is C17H12O4. The largest absolute Gasteiger partial charge is 0.507 e. The van der Waals surface area contributed by atoms with Gasteiger partial charge < -0.3 is 9.52 Å². The molecule has 104 valence electrons. The molecule has 1 heterocycles. The van der Waals surface area contributed by atoms with Crippen molar-refractivity contribution in [3.8, 4) is 17.1 Å². The quantitative estimate of drug-likeness (QED) is 0.731. The van der Waals surface area contributed by atoms with Crippen LogP contribution in [0.15, 0.2) is 51.7 Å². The number of phenols is 1. The normalized spacial score (nSPS) is 10.7. The Morgan fingerprint density at radius 2 is 1.81 bits per heavy atom. The van der Waals surface area contributed by atoms with E-state index in [2.05, 4.69) is 0 Å². The lowest BCUT2D eigenvalue weighted by atomic mass is 10.0. The average molecular weight is 280 g/mol. The SMILES string of the molecule is Cc1c(-c2ccccc2)oc2c(C=O)c(O)ccc2c1=O. The number of rotatable bonds is 2. The predicted octanol–water partition coefficient (Wildman–Crippen LogP) is 3.29. The fraction of sp³-hybridized carbons (Fsp3) is 0.0588. The molecule has 1 N–H and O–H groups in total. The molecule has 0 amide bonds. The smallest absolute Gasteiger partial charge is 0.196 e. The van der Waals surface area contributed by atoms with Gasteiger partial charge in [0.05, 0.1) is 10.9 Å². The Kier molecular flexibility index (Phi) is 3.06. The number of aromatic hydroxyl groups is 1. The first-order valence-electron chi connectivity index (χ1n) is 6.43. The summed E-state index contributed by atoms with van der Waals surface area (Å²) in [4.78, 5) is 23.6. The molecule has 2 aromatic carbocycles. The zero-order valence-electron chi connectivity index (χ0n) is 11.3. The van der Waals surface area contributed by atoms with E-state index in [-0.39, 0.29) is 27.7 Å². The minimum atomic E-state index is -0.210. The Hall–Kier alpha value is -2.88. The fourth-order valence-corrected chi connectivity index (χ4v) is 2.34. The van der Waals surface area contributed by atoms with Gasteiger partial charge in [-0.2, -0.15) is 0 Å². The Bertz CT molecular complexity index is 892. The van der Waals surface area contributed by atoms with E-state index in [1.54, 1.807) is 6.92 Å². The second kappa shape index (κ2) is 4.90. The van der Waals surface area contributed by atoms with Crippen LogP contribution in [0.4, 0.5) is 0 Å². The highest BCUT2D eigenvalue weighted by atomic mass is 16.3. The van der Waals surface area contributed by atoms with Crippen molar-refractivity contribution in [2.24, 2.45) is 0 Å². The third kappa shape index (κ3) is 2.01. The number of phenolic OH excluding ortho intramolecular Hbond substituents is 1. The molecule has 0 fully saturated rings. The van der Waals surface area contributed by atoms with E-state index in [0.717, 1.165) is 5.56 Å². The summed E-state index contributed by atoms with van der Waals surface area (Å²) in [5, 5.41) is 10.0. The summed E-state index contributed by atoms with van der Waals surface area (Å²) in [7, 11) is 0. The third-order valence-electron chi connectivity index (χ3n) is 3.46. The van der Waals surface area contributed by atoms with Crippen LogP contribution in [0, 0.1) is 6.92 Å². The average Bonchev–Trinajstić information content (AvgIpc) is 2.51. The van der Waals surface area contributed by atoms with Crippen molar-refractivity contribution in [3.63, 3.8) is 0 Å². The minimum Gasteiger partial charge on any atom is -0.507 e. The van der Waals surface area contributed by atoms with Crippen LogP contribution in [0.5, 0.6) is 5.75 Å². The van der Waals surface area contributed by atoms with Crippen LogP contribution in [0.3, 0.4) is 0 Å². The van der Waals surface area contributed by atoms with E-state index in [1.165, 1.54) is 12.1 Å². The number of benzene rings is 2. The summed E-state index contributed by atoms with van der Waals surface area (Å²) in [5.41, 5.74) is 1.10. The lowest BCUT2D eigenvalue weighted by Crippen LogP contribution is -2.08. The zero-order chi connectivity index (χ0) is 15.0. The Morgan fingerprint density at radius 3 is 2.48 bits per heavy atom. The molecule has 0 saturated carbocycles. The van der Waals surface area contributed by atoms with E-state index in [4.69, 9.17) is 4.42 Å². The van der Waals surface area contributed by atoms with Gasteiger partial charge in [-0.05, 0) is 19.1 Å². The second-order valence-electron chi connectivity index (χ2n) is 4.74. The van der Waals surface area contributed by atoms with Crippen LogP contribution >= 0.6 is 0 Å². The van der Waals surface area contributed by atoms with Crippen LogP contribution in [-0.2, 0) is 0 Å². The van der Waals surface area contributed by atoms with E-state index >= 15 is 0 Å². The van der Waals surface area contributed by atoms with Crippen LogP contribution in [0.25, 0.3) is 22.3 Å². The van der Waals surface area contributed by atoms with Crippen LogP contribution in [0.1, 0.15) is 15.9 Å². The number of carbonyl (C=O) groups excluding carboxylic acids is 1. The molecule has 0 spiro atoms. The topological polar surface area (TPSA) is 67.5 Å². The molecule has 0 aliphatic heterocycles. The van der Waals surface area contributed by atoms with Crippen molar-refractivity contribution < 1.29 is 14.3 Å². The molecule has 4 nitrogen and oxygen atoms in total. The van der Waals surface area contributed by atoms with E-state index in [1.807, 2.05) is 30.3 Å². The summed E-state index contributed by atoms with van der Waals surface area (Å²) in [6.45, 7) is 1.68. The summed E-state index contributed by atoms with van der Waals surface area (Å²) >= 11 is 0. The summed E-state index contributed by atoms with van der Waals surface area (Å²) in [6, 6.07) is 12.0. The molecule has 3 rings (SSSR count). The lowest BCUT2D eigenvalue weighted by Gasteiger charge is -2.09. The first kappa shape index (κ1) is 13.1. The van der Waals surface area contributed by atoms with Gasteiger partial charge in [0.25, 0.3) is 0 Å². The van der Waals surface area contributed by atoms with Gasteiger partial charge in [-0.15, -0.1) is 0 Å².